The van der Waals surface area contributed by atoms with E-state index in [2.05, 4.69) is 4.98 Å². The molecule has 1 amide bonds. The lowest BCUT2D eigenvalue weighted by Crippen LogP contribution is -2.27. The standard InChI is InChI=1S/C14H10N2OS2/c17-13-12(9-10-5-4-8-15-10)19-14(18)16(13)11-6-2-1-3-7-11/h1-9,15H/b12-9-. The molecule has 19 heavy (non-hydrogen) atoms. The second kappa shape index (κ2) is 5.03. The van der Waals surface area contributed by atoms with E-state index in [4.69, 9.17) is 12.2 Å². The summed E-state index contributed by atoms with van der Waals surface area (Å²) in [6, 6.07) is 13.3. The predicted molar refractivity (Wildman–Crippen MR) is 82.9 cm³/mol. The number of aromatic amines is 1. The number of anilines is 1. The number of thioether (sulfide) groups is 1. The average molecular weight is 286 g/mol. The minimum atomic E-state index is -0.0733. The molecule has 1 aromatic carbocycles. The molecule has 0 spiro atoms. The topological polar surface area (TPSA) is 36.1 Å². The maximum atomic E-state index is 12.4. The smallest absolute Gasteiger partial charge is 0.270 e. The van der Waals surface area contributed by atoms with Gasteiger partial charge in [0.1, 0.15) is 0 Å². The number of hydrogen-bond donors (Lipinski definition) is 1. The third-order valence-corrected chi connectivity index (χ3v) is 4.02. The molecule has 2 heterocycles. The van der Waals surface area contributed by atoms with Gasteiger partial charge in [0, 0.05) is 11.9 Å². The van der Waals surface area contributed by atoms with Crippen LogP contribution >= 0.6 is 24.0 Å². The van der Waals surface area contributed by atoms with Gasteiger partial charge in [0.25, 0.3) is 5.91 Å². The number of benzene rings is 1. The first-order chi connectivity index (χ1) is 9.25. The van der Waals surface area contributed by atoms with Crippen molar-refractivity contribution in [1.29, 1.82) is 0 Å². The lowest BCUT2D eigenvalue weighted by molar-refractivity contribution is -0.113. The molecule has 1 N–H and O–H groups in total. The van der Waals surface area contributed by atoms with Crippen LogP contribution < -0.4 is 4.90 Å². The Balaban J connectivity index is 1.94. The highest BCUT2D eigenvalue weighted by Gasteiger charge is 2.33. The van der Waals surface area contributed by atoms with Gasteiger partial charge in [-0.1, -0.05) is 42.2 Å². The molecule has 1 fully saturated rings. The van der Waals surface area contributed by atoms with E-state index < -0.39 is 0 Å². The fourth-order valence-corrected chi connectivity index (χ4v) is 3.13. The van der Waals surface area contributed by atoms with E-state index >= 15 is 0 Å². The summed E-state index contributed by atoms with van der Waals surface area (Å²) < 4.78 is 0.564. The van der Waals surface area contributed by atoms with Crippen molar-refractivity contribution in [2.75, 3.05) is 4.90 Å². The van der Waals surface area contributed by atoms with Crippen LogP contribution in [0.15, 0.2) is 53.6 Å². The summed E-state index contributed by atoms with van der Waals surface area (Å²) in [5, 5.41) is 0. The van der Waals surface area contributed by atoms with Crippen molar-refractivity contribution in [2.45, 2.75) is 0 Å². The molecule has 0 bridgehead atoms. The van der Waals surface area contributed by atoms with E-state index in [-0.39, 0.29) is 5.91 Å². The molecule has 2 aromatic rings. The van der Waals surface area contributed by atoms with E-state index in [1.165, 1.54) is 11.8 Å². The maximum Gasteiger partial charge on any atom is 0.270 e. The lowest BCUT2D eigenvalue weighted by Gasteiger charge is -2.13. The number of nitrogens with zero attached hydrogens (tertiary/aromatic N) is 1. The van der Waals surface area contributed by atoms with Crippen LogP contribution in [0.25, 0.3) is 6.08 Å². The van der Waals surface area contributed by atoms with Crippen LogP contribution in [0.2, 0.25) is 0 Å². The summed E-state index contributed by atoms with van der Waals surface area (Å²) in [6.07, 6.45) is 3.64. The number of nitrogens with one attached hydrogen (secondary N) is 1. The fourth-order valence-electron chi connectivity index (χ4n) is 1.84. The van der Waals surface area contributed by atoms with Gasteiger partial charge in [-0.25, -0.2) is 0 Å². The summed E-state index contributed by atoms with van der Waals surface area (Å²) in [5.41, 5.74) is 1.70. The van der Waals surface area contributed by atoms with Crippen molar-refractivity contribution in [3.63, 3.8) is 0 Å². The Bertz CT molecular complexity index is 647. The summed E-state index contributed by atoms with van der Waals surface area (Å²) >= 11 is 6.61. The van der Waals surface area contributed by atoms with E-state index in [1.54, 1.807) is 4.90 Å². The molecule has 1 aromatic heterocycles. The van der Waals surface area contributed by atoms with Crippen LogP contribution in [-0.2, 0) is 4.79 Å². The van der Waals surface area contributed by atoms with Gasteiger partial charge in [-0.05, 0) is 30.3 Å². The number of carbonyl (C=O) groups excluding carboxylic acids is 1. The van der Waals surface area contributed by atoms with Crippen LogP contribution in [0.3, 0.4) is 0 Å². The molecule has 0 aliphatic carbocycles. The Labute approximate surface area is 120 Å². The van der Waals surface area contributed by atoms with Gasteiger partial charge in [0.2, 0.25) is 0 Å². The first kappa shape index (κ1) is 12.2. The van der Waals surface area contributed by atoms with Crippen molar-refractivity contribution in [3.05, 3.63) is 59.3 Å². The molecular formula is C14H10N2OS2. The van der Waals surface area contributed by atoms with E-state index in [0.717, 1.165) is 11.4 Å². The molecule has 0 radical (unpaired) electrons. The number of amides is 1. The van der Waals surface area contributed by atoms with Crippen LogP contribution in [0, 0.1) is 0 Å². The zero-order valence-corrected chi connectivity index (χ0v) is 11.5. The van der Waals surface area contributed by atoms with E-state index in [9.17, 15) is 4.79 Å². The number of carbonyl (C=O) groups is 1. The van der Waals surface area contributed by atoms with Crippen LogP contribution in [-0.4, -0.2) is 15.2 Å². The molecule has 1 aliphatic rings. The molecule has 0 atom stereocenters. The first-order valence-corrected chi connectivity index (χ1v) is 6.94. The van der Waals surface area contributed by atoms with Crippen LogP contribution in [0.1, 0.15) is 5.69 Å². The molecule has 0 unspecified atom stereocenters. The molecular weight excluding hydrogens is 276 g/mol. The number of thiocarbonyl (C=S) groups is 1. The highest BCUT2D eigenvalue weighted by Crippen LogP contribution is 2.35. The van der Waals surface area contributed by atoms with Crippen molar-refractivity contribution < 1.29 is 4.79 Å². The average Bonchev–Trinajstić information content (AvgIpc) is 3.01. The highest BCUT2D eigenvalue weighted by molar-refractivity contribution is 8.27. The predicted octanol–water partition coefficient (Wildman–Crippen LogP) is 3.42. The summed E-state index contributed by atoms with van der Waals surface area (Å²) in [7, 11) is 0. The fraction of sp³-hybridized carbons (Fsp3) is 0. The summed E-state index contributed by atoms with van der Waals surface area (Å²) in [4.78, 5) is 17.6. The Morgan fingerprint density at radius 2 is 1.95 bits per heavy atom. The van der Waals surface area contributed by atoms with Crippen molar-refractivity contribution in [1.82, 2.24) is 4.98 Å². The lowest BCUT2D eigenvalue weighted by atomic mass is 10.3. The number of aromatic nitrogens is 1. The van der Waals surface area contributed by atoms with Gasteiger partial charge < -0.3 is 4.98 Å². The Morgan fingerprint density at radius 3 is 2.63 bits per heavy atom. The third kappa shape index (κ3) is 2.34. The zero-order valence-electron chi connectivity index (χ0n) is 9.87. The zero-order chi connectivity index (χ0) is 13.2. The number of H-pyrrole nitrogens is 1. The van der Waals surface area contributed by atoms with Gasteiger partial charge >= 0.3 is 0 Å². The quantitative estimate of drug-likeness (QED) is 0.679. The van der Waals surface area contributed by atoms with Crippen LogP contribution in [0.5, 0.6) is 0 Å². The molecule has 3 nitrogen and oxygen atoms in total. The Morgan fingerprint density at radius 1 is 1.16 bits per heavy atom. The second-order valence-corrected chi connectivity index (χ2v) is 5.65. The largest absolute Gasteiger partial charge is 0.362 e. The normalized spacial score (nSPS) is 17.5. The van der Waals surface area contributed by atoms with Gasteiger partial charge in [-0.15, -0.1) is 0 Å². The second-order valence-electron chi connectivity index (χ2n) is 3.98. The molecule has 3 rings (SSSR count). The molecule has 94 valence electrons. The monoisotopic (exact) mass is 286 g/mol. The first-order valence-electron chi connectivity index (χ1n) is 5.72. The molecule has 5 heteroatoms. The SMILES string of the molecule is O=C1/C(=C/c2ccc[nH]2)SC(=S)N1c1ccccc1. The van der Waals surface area contributed by atoms with Crippen molar-refractivity contribution in [3.8, 4) is 0 Å². The molecule has 0 saturated carbocycles. The van der Waals surface area contributed by atoms with E-state index in [1.807, 2.05) is 54.7 Å². The van der Waals surface area contributed by atoms with Gasteiger partial charge in [0.05, 0.1) is 10.6 Å². The Hall–Kier alpha value is -1.85. The number of para-hydroxylation sites is 1. The third-order valence-electron chi connectivity index (χ3n) is 2.72. The van der Waals surface area contributed by atoms with Crippen molar-refractivity contribution in [2.24, 2.45) is 0 Å². The summed E-state index contributed by atoms with van der Waals surface area (Å²) in [5.74, 6) is -0.0733. The van der Waals surface area contributed by atoms with Gasteiger partial charge in [-0.2, -0.15) is 0 Å². The van der Waals surface area contributed by atoms with Crippen molar-refractivity contribution >= 4 is 46.0 Å². The molecule has 1 aliphatic heterocycles. The van der Waals surface area contributed by atoms with Crippen LogP contribution in [0.4, 0.5) is 5.69 Å². The number of hydrogen-bond acceptors (Lipinski definition) is 3. The highest BCUT2D eigenvalue weighted by atomic mass is 32.2. The van der Waals surface area contributed by atoms with Gasteiger partial charge in [0.15, 0.2) is 4.32 Å². The van der Waals surface area contributed by atoms with E-state index in [0.29, 0.717) is 9.23 Å². The molecule has 1 saturated heterocycles. The summed E-state index contributed by atoms with van der Waals surface area (Å²) in [6.45, 7) is 0. The maximum absolute atomic E-state index is 12.4. The minimum Gasteiger partial charge on any atom is -0.362 e. The minimum absolute atomic E-state index is 0.0733. The van der Waals surface area contributed by atoms with Gasteiger partial charge in [-0.3, -0.25) is 9.69 Å². The Kier molecular flexibility index (Phi) is 3.23. The number of rotatable bonds is 2.